The number of nitrogens with zero attached hydrogens (tertiary/aromatic N) is 1. The van der Waals surface area contributed by atoms with Gasteiger partial charge in [0.1, 0.15) is 5.75 Å². The molecule has 1 aromatic rings. The van der Waals surface area contributed by atoms with Gasteiger partial charge >= 0.3 is 5.97 Å². The third-order valence-electron chi connectivity index (χ3n) is 1.43. The van der Waals surface area contributed by atoms with Crippen LogP contribution in [0.15, 0.2) is 18.5 Å². The second kappa shape index (κ2) is 4.45. The molecule has 0 aliphatic heterocycles. The van der Waals surface area contributed by atoms with Crippen LogP contribution in [0, 0.1) is 0 Å². The van der Waals surface area contributed by atoms with Crippen LogP contribution in [0.4, 0.5) is 0 Å². The molecule has 1 N–H and O–H groups in total. The van der Waals surface area contributed by atoms with Crippen LogP contribution < -0.4 is 4.74 Å². The summed E-state index contributed by atoms with van der Waals surface area (Å²) in [5, 5.41) is 8.64. The Morgan fingerprint density at radius 2 is 2.38 bits per heavy atom. The quantitative estimate of drug-likeness (QED) is 0.765. The Kier molecular flexibility index (Phi) is 3.25. The zero-order chi connectivity index (χ0) is 9.68. The molecule has 0 aromatic carbocycles. The topological polar surface area (TPSA) is 59.4 Å². The monoisotopic (exact) mass is 181 g/mol. The lowest BCUT2D eigenvalue weighted by atomic mass is 10.3. The van der Waals surface area contributed by atoms with E-state index in [9.17, 15) is 4.79 Å². The van der Waals surface area contributed by atoms with Crippen molar-refractivity contribution in [3.8, 4) is 5.75 Å². The summed E-state index contributed by atoms with van der Waals surface area (Å²) in [7, 11) is 0. The molecule has 0 atom stereocenters. The third-order valence-corrected chi connectivity index (χ3v) is 1.43. The van der Waals surface area contributed by atoms with Gasteiger partial charge in [0, 0.05) is 6.20 Å². The highest BCUT2D eigenvalue weighted by atomic mass is 16.5. The average molecular weight is 181 g/mol. The number of carboxylic acid groups (broad SMARTS) is 1. The molecule has 13 heavy (non-hydrogen) atoms. The van der Waals surface area contributed by atoms with Crippen molar-refractivity contribution in [2.75, 3.05) is 6.61 Å². The highest BCUT2D eigenvalue weighted by Crippen LogP contribution is 2.11. The Bertz CT molecular complexity index is 299. The van der Waals surface area contributed by atoms with Crippen LogP contribution in [0.5, 0.6) is 5.75 Å². The third kappa shape index (κ3) is 2.74. The zero-order valence-electron chi connectivity index (χ0n) is 7.36. The van der Waals surface area contributed by atoms with Gasteiger partial charge in [0.05, 0.1) is 18.4 Å². The van der Waals surface area contributed by atoms with E-state index in [4.69, 9.17) is 9.84 Å². The molecule has 0 aliphatic rings. The molecule has 0 aliphatic carbocycles. The van der Waals surface area contributed by atoms with Crippen molar-refractivity contribution in [2.45, 2.75) is 13.3 Å². The summed E-state index contributed by atoms with van der Waals surface area (Å²) in [5.41, 5.74) is 0.147. The van der Waals surface area contributed by atoms with E-state index in [1.807, 2.05) is 6.92 Å². The van der Waals surface area contributed by atoms with Crippen molar-refractivity contribution in [3.05, 3.63) is 24.0 Å². The Hall–Kier alpha value is -1.58. The SMILES string of the molecule is CCCOc1cncc(C(=O)O)c1. The van der Waals surface area contributed by atoms with E-state index in [2.05, 4.69) is 4.98 Å². The van der Waals surface area contributed by atoms with Gasteiger partial charge in [-0.05, 0) is 12.5 Å². The number of hydrogen-bond donors (Lipinski definition) is 1. The number of aromatic carboxylic acids is 1. The van der Waals surface area contributed by atoms with Crippen LogP contribution in [0.25, 0.3) is 0 Å². The molecule has 0 saturated heterocycles. The number of hydrogen-bond acceptors (Lipinski definition) is 3. The molecule has 0 unspecified atom stereocenters. The second-order valence-corrected chi connectivity index (χ2v) is 2.56. The van der Waals surface area contributed by atoms with E-state index < -0.39 is 5.97 Å². The predicted octanol–water partition coefficient (Wildman–Crippen LogP) is 1.57. The highest BCUT2D eigenvalue weighted by molar-refractivity contribution is 5.87. The number of ether oxygens (including phenoxy) is 1. The molecular weight excluding hydrogens is 170 g/mol. The van der Waals surface area contributed by atoms with Gasteiger partial charge in [-0.15, -0.1) is 0 Å². The molecule has 0 radical (unpaired) electrons. The average Bonchev–Trinajstić information content (AvgIpc) is 2.15. The molecule has 1 rings (SSSR count). The lowest BCUT2D eigenvalue weighted by Gasteiger charge is -2.03. The fourth-order valence-electron chi connectivity index (χ4n) is 0.835. The summed E-state index contributed by atoms with van der Waals surface area (Å²) >= 11 is 0. The first-order valence-electron chi connectivity index (χ1n) is 4.05. The van der Waals surface area contributed by atoms with E-state index in [0.29, 0.717) is 12.4 Å². The van der Waals surface area contributed by atoms with Crippen LogP contribution in [-0.2, 0) is 0 Å². The standard InChI is InChI=1S/C9H11NO3/c1-2-3-13-8-4-7(9(11)12)5-10-6-8/h4-6H,2-3H2,1H3,(H,11,12). The van der Waals surface area contributed by atoms with Crippen LogP contribution >= 0.6 is 0 Å². The second-order valence-electron chi connectivity index (χ2n) is 2.56. The Morgan fingerprint density at radius 3 is 3.00 bits per heavy atom. The summed E-state index contributed by atoms with van der Waals surface area (Å²) < 4.78 is 5.22. The molecule has 0 fully saturated rings. The molecule has 0 bridgehead atoms. The van der Waals surface area contributed by atoms with Crippen molar-refractivity contribution in [2.24, 2.45) is 0 Å². The highest BCUT2D eigenvalue weighted by Gasteiger charge is 2.03. The van der Waals surface area contributed by atoms with E-state index in [-0.39, 0.29) is 5.56 Å². The summed E-state index contributed by atoms with van der Waals surface area (Å²) in [6.07, 6.45) is 3.68. The molecule has 0 spiro atoms. The Balaban J connectivity index is 2.73. The van der Waals surface area contributed by atoms with Crippen molar-refractivity contribution in [3.63, 3.8) is 0 Å². The summed E-state index contributed by atoms with van der Waals surface area (Å²) in [5.74, 6) is -0.490. The molecular formula is C9H11NO3. The largest absolute Gasteiger partial charge is 0.492 e. The van der Waals surface area contributed by atoms with Crippen LogP contribution in [0.3, 0.4) is 0 Å². The van der Waals surface area contributed by atoms with Gasteiger partial charge in [-0.25, -0.2) is 4.79 Å². The molecule has 1 heterocycles. The van der Waals surface area contributed by atoms with Gasteiger partial charge in [-0.1, -0.05) is 6.92 Å². The first-order chi connectivity index (χ1) is 6.24. The minimum Gasteiger partial charge on any atom is -0.492 e. The van der Waals surface area contributed by atoms with E-state index in [0.717, 1.165) is 6.42 Å². The molecule has 4 nitrogen and oxygen atoms in total. The predicted molar refractivity (Wildman–Crippen MR) is 47.0 cm³/mol. The van der Waals surface area contributed by atoms with E-state index in [1.54, 1.807) is 0 Å². The van der Waals surface area contributed by atoms with E-state index >= 15 is 0 Å². The fourth-order valence-corrected chi connectivity index (χ4v) is 0.835. The van der Waals surface area contributed by atoms with Gasteiger partial charge in [0.2, 0.25) is 0 Å². The van der Waals surface area contributed by atoms with Crippen LogP contribution in [0.2, 0.25) is 0 Å². The van der Waals surface area contributed by atoms with Crippen molar-refractivity contribution in [1.82, 2.24) is 4.98 Å². The summed E-state index contributed by atoms with van der Waals surface area (Å²) in [6.45, 7) is 2.55. The Morgan fingerprint density at radius 1 is 1.62 bits per heavy atom. The first kappa shape index (κ1) is 9.51. The molecule has 0 saturated carbocycles. The van der Waals surface area contributed by atoms with Gasteiger partial charge in [-0.3, -0.25) is 4.98 Å². The number of pyridine rings is 1. The minimum atomic E-state index is -0.991. The zero-order valence-corrected chi connectivity index (χ0v) is 7.36. The molecule has 1 aromatic heterocycles. The lowest BCUT2D eigenvalue weighted by Crippen LogP contribution is -2.00. The minimum absolute atomic E-state index is 0.147. The molecule has 4 heteroatoms. The van der Waals surface area contributed by atoms with Crippen molar-refractivity contribution >= 4 is 5.97 Å². The number of carboxylic acids is 1. The Labute approximate surface area is 76.2 Å². The van der Waals surface area contributed by atoms with Gasteiger partial charge in [0.15, 0.2) is 0 Å². The lowest BCUT2D eigenvalue weighted by molar-refractivity contribution is 0.0696. The summed E-state index contributed by atoms with van der Waals surface area (Å²) in [6, 6.07) is 1.46. The number of carbonyl (C=O) groups is 1. The van der Waals surface area contributed by atoms with Crippen LogP contribution in [-0.4, -0.2) is 22.7 Å². The smallest absolute Gasteiger partial charge is 0.337 e. The molecule has 70 valence electrons. The number of aromatic nitrogens is 1. The van der Waals surface area contributed by atoms with Gasteiger partial charge < -0.3 is 9.84 Å². The van der Waals surface area contributed by atoms with Crippen molar-refractivity contribution in [1.29, 1.82) is 0 Å². The summed E-state index contributed by atoms with van der Waals surface area (Å²) in [4.78, 5) is 14.3. The maximum absolute atomic E-state index is 10.5. The van der Waals surface area contributed by atoms with Gasteiger partial charge in [-0.2, -0.15) is 0 Å². The maximum atomic E-state index is 10.5. The van der Waals surface area contributed by atoms with Crippen LogP contribution in [0.1, 0.15) is 23.7 Å². The molecule has 0 amide bonds. The van der Waals surface area contributed by atoms with E-state index in [1.165, 1.54) is 18.5 Å². The number of rotatable bonds is 4. The fraction of sp³-hybridized carbons (Fsp3) is 0.333. The normalized spacial score (nSPS) is 9.62. The van der Waals surface area contributed by atoms with Crippen molar-refractivity contribution < 1.29 is 14.6 Å². The first-order valence-corrected chi connectivity index (χ1v) is 4.05. The maximum Gasteiger partial charge on any atom is 0.337 e. The van der Waals surface area contributed by atoms with Gasteiger partial charge in [0.25, 0.3) is 0 Å².